The van der Waals surface area contributed by atoms with E-state index in [9.17, 15) is 4.79 Å². The molecule has 1 aromatic heterocycles. The Balaban J connectivity index is 1.36. The number of pyridine rings is 1. The van der Waals surface area contributed by atoms with Gasteiger partial charge in [-0.3, -0.25) is 9.69 Å². The summed E-state index contributed by atoms with van der Waals surface area (Å²) in [4.78, 5) is 25.0. The number of hydrogen-bond acceptors (Lipinski definition) is 6. The van der Waals surface area contributed by atoms with E-state index in [0.717, 1.165) is 76.7 Å². The zero-order valence-electron chi connectivity index (χ0n) is 18.4. The summed E-state index contributed by atoms with van der Waals surface area (Å²) in [6.07, 6.45) is 1.90. The third-order valence-electron chi connectivity index (χ3n) is 7.08. The number of fused-ring (bicyclic) bond motifs is 1. The highest BCUT2D eigenvalue weighted by Crippen LogP contribution is 2.41. The van der Waals surface area contributed by atoms with E-state index in [0.29, 0.717) is 19.1 Å². The molecule has 4 heterocycles. The first-order valence-electron chi connectivity index (χ1n) is 11.4. The molecule has 0 bridgehead atoms. The smallest absolute Gasteiger partial charge is 0.230 e. The molecule has 166 valence electrons. The van der Waals surface area contributed by atoms with Crippen molar-refractivity contribution in [2.45, 2.75) is 19.4 Å². The van der Waals surface area contributed by atoms with Crippen molar-refractivity contribution in [3.05, 3.63) is 35.9 Å². The molecule has 0 aliphatic carbocycles. The second kappa shape index (κ2) is 8.73. The van der Waals surface area contributed by atoms with Gasteiger partial charge >= 0.3 is 0 Å². The van der Waals surface area contributed by atoms with Gasteiger partial charge in [0.05, 0.1) is 30.8 Å². The summed E-state index contributed by atoms with van der Waals surface area (Å²) in [6.45, 7) is 8.02. The standard InChI is InChI=1S/C24H32N4O3/c1-30-13-10-28-9-7-24(23(28)29)6-8-26(18-24)17-20-16-19-4-2-3-5-21(19)25-22(20)27-11-14-31-15-12-27/h2-5,16H,6-15,17-18H2,1H3. The Bertz CT molecular complexity index is 946. The van der Waals surface area contributed by atoms with Crippen molar-refractivity contribution in [3.63, 3.8) is 0 Å². The largest absolute Gasteiger partial charge is 0.383 e. The Morgan fingerprint density at radius 1 is 1.13 bits per heavy atom. The van der Waals surface area contributed by atoms with E-state index in [1.165, 1.54) is 10.9 Å². The van der Waals surface area contributed by atoms with Crippen molar-refractivity contribution in [1.29, 1.82) is 0 Å². The van der Waals surface area contributed by atoms with Crippen LogP contribution in [0.1, 0.15) is 18.4 Å². The molecule has 7 heteroatoms. The minimum absolute atomic E-state index is 0.211. The Hall–Kier alpha value is -2.22. The maximum Gasteiger partial charge on any atom is 0.230 e. The summed E-state index contributed by atoms with van der Waals surface area (Å²) in [6, 6.07) is 10.6. The normalized spacial score (nSPS) is 24.7. The molecular formula is C24H32N4O3. The second-order valence-corrected chi connectivity index (χ2v) is 9.04. The Kier molecular flexibility index (Phi) is 5.82. The predicted octanol–water partition coefficient (Wildman–Crippen LogP) is 2.14. The lowest BCUT2D eigenvalue weighted by Gasteiger charge is -2.31. The summed E-state index contributed by atoms with van der Waals surface area (Å²) in [7, 11) is 1.69. The van der Waals surface area contributed by atoms with Crippen molar-refractivity contribution in [3.8, 4) is 0 Å². The number of carbonyl (C=O) groups excluding carboxylic acids is 1. The minimum atomic E-state index is -0.211. The average Bonchev–Trinajstić information content (AvgIpc) is 3.36. The van der Waals surface area contributed by atoms with Gasteiger partial charge in [-0.2, -0.15) is 0 Å². The zero-order valence-corrected chi connectivity index (χ0v) is 18.4. The number of aromatic nitrogens is 1. The lowest BCUT2D eigenvalue weighted by molar-refractivity contribution is -0.136. The molecule has 3 fully saturated rings. The fourth-order valence-electron chi connectivity index (χ4n) is 5.34. The Morgan fingerprint density at radius 2 is 1.94 bits per heavy atom. The maximum atomic E-state index is 13.1. The van der Waals surface area contributed by atoms with E-state index in [-0.39, 0.29) is 5.41 Å². The maximum absolute atomic E-state index is 13.1. The van der Waals surface area contributed by atoms with Gasteiger partial charge in [0, 0.05) is 57.3 Å². The number of benzene rings is 1. The molecule has 0 saturated carbocycles. The van der Waals surface area contributed by atoms with E-state index in [1.54, 1.807) is 7.11 Å². The molecular weight excluding hydrogens is 392 g/mol. The SMILES string of the molecule is COCCN1CCC2(CCN(Cc3cc4ccccc4nc3N3CCOCC3)C2)C1=O. The highest BCUT2D eigenvalue weighted by molar-refractivity contribution is 5.85. The number of anilines is 1. The highest BCUT2D eigenvalue weighted by atomic mass is 16.5. The molecule has 1 atom stereocenters. The molecule has 5 rings (SSSR count). The first-order chi connectivity index (χ1) is 15.2. The van der Waals surface area contributed by atoms with Gasteiger partial charge in [-0.15, -0.1) is 0 Å². The van der Waals surface area contributed by atoms with Crippen LogP contribution >= 0.6 is 0 Å². The van der Waals surface area contributed by atoms with E-state index in [1.807, 2.05) is 11.0 Å². The summed E-state index contributed by atoms with van der Waals surface area (Å²) >= 11 is 0. The molecule has 1 amide bonds. The number of hydrogen-bond donors (Lipinski definition) is 0. The molecule has 1 spiro atoms. The van der Waals surface area contributed by atoms with Gasteiger partial charge in [0.25, 0.3) is 0 Å². The van der Waals surface area contributed by atoms with Crippen LogP contribution in [0.3, 0.4) is 0 Å². The Morgan fingerprint density at radius 3 is 2.77 bits per heavy atom. The second-order valence-electron chi connectivity index (χ2n) is 9.04. The molecule has 1 unspecified atom stereocenters. The van der Waals surface area contributed by atoms with Crippen LogP contribution in [0.25, 0.3) is 10.9 Å². The van der Waals surface area contributed by atoms with Crippen molar-refractivity contribution >= 4 is 22.6 Å². The van der Waals surface area contributed by atoms with Crippen LogP contribution in [0, 0.1) is 5.41 Å². The highest BCUT2D eigenvalue weighted by Gasteiger charge is 2.50. The van der Waals surface area contributed by atoms with Crippen molar-refractivity contribution in [2.24, 2.45) is 5.41 Å². The number of para-hydroxylation sites is 1. The van der Waals surface area contributed by atoms with E-state index < -0.39 is 0 Å². The van der Waals surface area contributed by atoms with Gasteiger partial charge in [0.1, 0.15) is 5.82 Å². The van der Waals surface area contributed by atoms with Gasteiger partial charge in [-0.1, -0.05) is 18.2 Å². The molecule has 2 aromatic rings. The molecule has 3 aliphatic heterocycles. The zero-order chi connectivity index (χ0) is 21.3. The molecule has 31 heavy (non-hydrogen) atoms. The molecule has 7 nitrogen and oxygen atoms in total. The summed E-state index contributed by atoms with van der Waals surface area (Å²) in [5.74, 6) is 1.39. The van der Waals surface area contributed by atoms with Crippen molar-refractivity contribution in [2.75, 3.05) is 71.1 Å². The van der Waals surface area contributed by atoms with Crippen molar-refractivity contribution < 1.29 is 14.3 Å². The van der Waals surface area contributed by atoms with Crippen LogP contribution in [-0.2, 0) is 20.8 Å². The number of methoxy groups -OCH3 is 1. The third-order valence-corrected chi connectivity index (χ3v) is 7.08. The number of nitrogens with zero attached hydrogens (tertiary/aromatic N) is 4. The third kappa shape index (κ3) is 4.02. The van der Waals surface area contributed by atoms with Crippen LogP contribution in [0.2, 0.25) is 0 Å². The lowest BCUT2D eigenvalue weighted by atomic mass is 9.85. The first kappa shape index (κ1) is 20.7. The van der Waals surface area contributed by atoms with Crippen LogP contribution in [-0.4, -0.2) is 86.9 Å². The quantitative estimate of drug-likeness (QED) is 0.708. The molecule has 1 aromatic carbocycles. The van der Waals surface area contributed by atoms with Crippen LogP contribution in [0.15, 0.2) is 30.3 Å². The summed E-state index contributed by atoms with van der Waals surface area (Å²) < 4.78 is 10.7. The van der Waals surface area contributed by atoms with E-state index >= 15 is 0 Å². The molecule has 0 radical (unpaired) electrons. The fraction of sp³-hybridized carbons (Fsp3) is 0.583. The number of rotatable bonds is 6. The number of amides is 1. The minimum Gasteiger partial charge on any atom is -0.383 e. The topological polar surface area (TPSA) is 58.1 Å². The summed E-state index contributed by atoms with van der Waals surface area (Å²) in [5, 5.41) is 1.17. The van der Waals surface area contributed by atoms with E-state index in [2.05, 4.69) is 34.1 Å². The first-order valence-corrected chi connectivity index (χ1v) is 11.4. The van der Waals surface area contributed by atoms with Crippen LogP contribution < -0.4 is 4.90 Å². The fourth-order valence-corrected chi connectivity index (χ4v) is 5.34. The monoisotopic (exact) mass is 424 g/mol. The van der Waals surface area contributed by atoms with Gasteiger partial charge in [0.2, 0.25) is 5.91 Å². The predicted molar refractivity (Wildman–Crippen MR) is 120 cm³/mol. The lowest BCUT2D eigenvalue weighted by Crippen LogP contribution is -2.39. The Labute approximate surface area is 183 Å². The van der Waals surface area contributed by atoms with Gasteiger partial charge in [-0.05, 0) is 31.5 Å². The average molecular weight is 425 g/mol. The molecule has 3 saturated heterocycles. The van der Waals surface area contributed by atoms with E-state index in [4.69, 9.17) is 14.5 Å². The number of carbonyl (C=O) groups is 1. The molecule has 0 N–H and O–H groups in total. The number of morpholine rings is 1. The summed E-state index contributed by atoms with van der Waals surface area (Å²) in [5.41, 5.74) is 2.07. The van der Waals surface area contributed by atoms with Crippen LogP contribution in [0.5, 0.6) is 0 Å². The number of ether oxygens (including phenoxy) is 2. The number of likely N-dealkylation sites (tertiary alicyclic amines) is 2. The van der Waals surface area contributed by atoms with Crippen molar-refractivity contribution in [1.82, 2.24) is 14.8 Å². The van der Waals surface area contributed by atoms with Gasteiger partial charge in [0.15, 0.2) is 0 Å². The van der Waals surface area contributed by atoms with Crippen LogP contribution in [0.4, 0.5) is 5.82 Å². The van der Waals surface area contributed by atoms with Gasteiger partial charge in [-0.25, -0.2) is 4.98 Å². The van der Waals surface area contributed by atoms with Gasteiger partial charge < -0.3 is 19.3 Å². The molecule has 3 aliphatic rings.